The second kappa shape index (κ2) is 8.95. The number of benzene rings is 1. The lowest BCUT2D eigenvalue weighted by molar-refractivity contribution is 0.0744. The van der Waals surface area contributed by atoms with Crippen LogP contribution >= 0.6 is 0 Å². The molecule has 1 aromatic carbocycles. The number of β-amino-alcohol motifs (C(OH)–C–C–N with tert-alkyl or cyclic N) is 1. The van der Waals surface area contributed by atoms with Crippen molar-refractivity contribution in [2.45, 2.75) is 58.3 Å². The van der Waals surface area contributed by atoms with E-state index in [2.05, 4.69) is 30.0 Å². The summed E-state index contributed by atoms with van der Waals surface area (Å²) in [6.07, 6.45) is 4.30. The van der Waals surface area contributed by atoms with Gasteiger partial charge in [-0.25, -0.2) is 4.98 Å². The van der Waals surface area contributed by atoms with Crippen LogP contribution in [0, 0.1) is 13.8 Å². The van der Waals surface area contributed by atoms with Gasteiger partial charge in [-0.3, -0.25) is 4.79 Å². The van der Waals surface area contributed by atoms with Crippen LogP contribution in [0.3, 0.4) is 0 Å². The zero-order valence-corrected chi connectivity index (χ0v) is 19.8. The Balaban J connectivity index is 1.25. The van der Waals surface area contributed by atoms with Crippen molar-refractivity contribution < 1.29 is 19.4 Å². The summed E-state index contributed by atoms with van der Waals surface area (Å²) in [6, 6.07) is 6.46. The van der Waals surface area contributed by atoms with Crippen LogP contribution in [0.1, 0.15) is 51.1 Å². The highest BCUT2D eigenvalue weighted by Crippen LogP contribution is 2.33. The molecule has 7 heteroatoms. The van der Waals surface area contributed by atoms with Gasteiger partial charge in [-0.15, -0.1) is 0 Å². The van der Waals surface area contributed by atoms with Crippen LogP contribution in [-0.4, -0.2) is 66.5 Å². The molecule has 7 nitrogen and oxygen atoms in total. The van der Waals surface area contributed by atoms with E-state index in [0.717, 1.165) is 72.7 Å². The number of ether oxygens (including phenoxy) is 2. The Hall–Kier alpha value is -2.64. The average molecular weight is 452 g/mol. The first-order valence-corrected chi connectivity index (χ1v) is 11.9. The van der Waals surface area contributed by atoms with Crippen molar-refractivity contribution in [2.24, 2.45) is 0 Å². The van der Waals surface area contributed by atoms with Crippen molar-refractivity contribution in [1.29, 1.82) is 0 Å². The molecule has 1 atom stereocenters. The molecule has 1 aromatic heterocycles. The van der Waals surface area contributed by atoms with Crippen LogP contribution in [0.4, 0.5) is 5.82 Å². The minimum Gasteiger partial charge on any atom is -0.490 e. The van der Waals surface area contributed by atoms with Crippen LogP contribution in [0.25, 0.3) is 0 Å². The number of nitrogens with zero attached hydrogens (tertiary/aromatic N) is 3. The van der Waals surface area contributed by atoms with Gasteiger partial charge in [-0.05, 0) is 61.1 Å². The summed E-state index contributed by atoms with van der Waals surface area (Å²) in [5.74, 6) is 1.91. The van der Waals surface area contributed by atoms with Crippen molar-refractivity contribution in [3.63, 3.8) is 0 Å². The van der Waals surface area contributed by atoms with Gasteiger partial charge in [0.15, 0.2) is 0 Å². The molecule has 1 aliphatic carbocycles. The highest BCUT2D eigenvalue weighted by molar-refractivity contribution is 6.00. The predicted octanol–water partition coefficient (Wildman–Crippen LogP) is 2.81. The minimum absolute atomic E-state index is 0.0167. The first-order valence-electron chi connectivity index (χ1n) is 11.9. The number of methoxy groups -OCH3 is 1. The first-order chi connectivity index (χ1) is 16.0. The third-order valence-electron chi connectivity index (χ3n) is 7.46. The second-order valence-electron chi connectivity index (χ2n) is 9.46. The fourth-order valence-corrected chi connectivity index (χ4v) is 5.43. The van der Waals surface area contributed by atoms with E-state index in [1.54, 1.807) is 12.0 Å². The molecule has 3 heterocycles. The number of hydrogen-bond donors (Lipinski definition) is 1. The van der Waals surface area contributed by atoms with E-state index in [0.29, 0.717) is 13.1 Å². The van der Waals surface area contributed by atoms with E-state index >= 15 is 0 Å². The number of pyridine rings is 1. The van der Waals surface area contributed by atoms with E-state index in [-0.39, 0.29) is 24.7 Å². The van der Waals surface area contributed by atoms with Gasteiger partial charge in [0.25, 0.3) is 5.91 Å². The van der Waals surface area contributed by atoms with Gasteiger partial charge >= 0.3 is 0 Å². The Morgan fingerprint density at radius 1 is 1.09 bits per heavy atom. The Labute approximate surface area is 195 Å². The van der Waals surface area contributed by atoms with Crippen molar-refractivity contribution in [3.05, 3.63) is 51.7 Å². The van der Waals surface area contributed by atoms with Gasteiger partial charge in [0.1, 0.15) is 17.7 Å². The van der Waals surface area contributed by atoms with Crippen LogP contribution < -0.4 is 9.64 Å². The summed E-state index contributed by atoms with van der Waals surface area (Å²) >= 11 is 0. The van der Waals surface area contributed by atoms with Gasteiger partial charge < -0.3 is 24.4 Å². The Morgan fingerprint density at radius 3 is 2.58 bits per heavy atom. The monoisotopic (exact) mass is 451 g/mol. The lowest BCUT2D eigenvalue weighted by atomic mass is 10.0. The summed E-state index contributed by atoms with van der Waals surface area (Å²) in [6.45, 7) is 6.61. The summed E-state index contributed by atoms with van der Waals surface area (Å²) in [7, 11) is 1.78. The lowest BCUT2D eigenvalue weighted by Gasteiger charge is -2.34. The molecule has 176 valence electrons. The molecule has 3 aliphatic rings. The highest BCUT2D eigenvalue weighted by Gasteiger charge is 2.33. The molecular formula is C26H33N3O4. The average Bonchev–Trinajstić information content (AvgIpc) is 3.37. The number of amides is 1. The zero-order chi connectivity index (χ0) is 23.1. The largest absolute Gasteiger partial charge is 0.490 e. The van der Waals surface area contributed by atoms with Crippen molar-refractivity contribution >= 4 is 11.7 Å². The molecule has 1 saturated heterocycles. The molecule has 1 amide bonds. The number of piperidine rings is 1. The summed E-state index contributed by atoms with van der Waals surface area (Å²) in [5.41, 5.74) is 6.33. The third-order valence-corrected chi connectivity index (χ3v) is 7.46. The SMILES string of the molecule is CO[C@H]1Cc2ccc(OC3CCN(c4nc5c(c(C)c4C)C(=O)N(CCO)C5)CC3)cc2C1. The second-order valence-corrected chi connectivity index (χ2v) is 9.46. The Bertz CT molecular complexity index is 1060. The van der Waals surface area contributed by atoms with Gasteiger partial charge in [0.2, 0.25) is 0 Å². The fourth-order valence-electron chi connectivity index (χ4n) is 5.43. The first kappa shape index (κ1) is 22.2. The van der Waals surface area contributed by atoms with Crippen molar-refractivity contribution in [3.8, 4) is 5.75 Å². The fraction of sp³-hybridized carbons (Fsp3) is 0.538. The van der Waals surface area contributed by atoms with Crippen LogP contribution in [-0.2, 0) is 24.1 Å². The predicted molar refractivity (Wildman–Crippen MR) is 126 cm³/mol. The zero-order valence-electron chi connectivity index (χ0n) is 19.8. The van der Waals surface area contributed by atoms with Gasteiger partial charge in [0, 0.05) is 39.6 Å². The lowest BCUT2D eigenvalue weighted by Crippen LogP contribution is -2.39. The summed E-state index contributed by atoms with van der Waals surface area (Å²) in [5, 5.41) is 9.27. The number of aromatic nitrogens is 1. The number of fused-ring (bicyclic) bond motifs is 2. The minimum atomic E-state index is -0.0324. The standard InChI is InChI=1S/C26H33N3O4/c1-16-17(2)25(27-23-15-29(10-11-30)26(31)24(16)23)28-8-6-20(7-9-28)33-21-5-4-18-12-22(32-3)14-19(18)13-21/h4-5,13,20,22,30H,6-12,14-15H2,1-3H3/t22-/m0/s1. The Morgan fingerprint density at radius 2 is 1.85 bits per heavy atom. The maximum Gasteiger partial charge on any atom is 0.256 e. The quantitative estimate of drug-likeness (QED) is 0.728. The highest BCUT2D eigenvalue weighted by atomic mass is 16.5. The van der Waals surface area contributed by atoms with Crippen LogP contribution in [0.5, 0.6) is 5.75 Å². The molecule has 33 heavy (non-hydrogen) atoms. The molecule has 2 aromatic rings. The number of aliphatic hydroxyl groups excluding tert-OH is 1. The maximum absolute atomic E-state index is 12.7. The summed E-state index contributed by atoms with van der Waals surface area (Å²) in [4.78, 5) is 21.6. The number of rotatable bonds is 6. The molecule has 0 bridgehead atoms. The number of carbonyl (C=O) groups is 1. The van der Waals surface area contributed by atoms with E-state index in [1.807, 2.05) is 6.92 Å². The molecule has 0 unspecified atom stereocenters. The molecule has 0 spiro atoms. The van der Waals surface area contributed by atoms with E-state index in [4.69, 9.17) is 14.5 Å². The molecule has 0 saturated carbocycles. The van der Waals surface area contributed by atoms with Crippen LogP contribution in [0.2, 0.25) is 0 Å². The van der Waals surface area contributed by atoms with Crippen LogP contribution in [0.15, 0.2) is 18.2 Å². The summed E-state index contributed by atoms with van der Waals surface area (Å²) < 4.78 is 11.9. The normalized spacial score (nSPS) is 20.4. The smallest absolute Gasteiger partial charge is 0.256 e. The van der Waals surface area contributed by atoms with E-state index < -0.39 is 0 Å². The molecule has 1 N–H and O–H groups in total. The topological polar surface area (TPSA) is 75.1 Å². The van der Waals surface area contributed by atoms with Crippen molar-refractivity contribution in [2.75, 3.05) is 38.3 Å². The van der Waals surface area contributed by atoms with Gasteiger partial charge in [-0.2, -0.15) is 0 Å². The van der Waals surface area contributed by atoms with Crippen molar-refractivity contribution in [1.82, 2.24) is 9.88 Å². The Kier molecular flexibility index (Phi) is 6.01. The number of carbonyl (C=O) groups excluding carboxylic acids is 1. The number of aliphatic hydroxyl groups is 1. The molecule has 1 fully saturated rings. The molecule has 5 rings (SSSR count). The molecular weight excluding hydrogens is 418 g/mol. The molecule has 2 aliphatic heterocycles. The number of anilines is 1. The number of hydrogen-bond acceptors (Lipinski definition) is 6. The van der Waals surface area contributed by atoms with Gasteiger partial charge in [0.05, 0.1) is 30.5 Å². The maximum atomic E-state index is 12.7. The van der Waals surface area contributed by atoms with E-state index in [1.165, 1.54) is 11.1 Å². The van der Waals surface area contributed by atoms with Gasteiger partial charge in [-0.1, -0.05) is 6.07 Å². The third kappa shape index (κ3) is 4.08. The molecule has 0 radical (unpaired) electrons. The van der Waals surface area contributed by atoms with E-state index in [9.17, 15) is 9.90 Å².